The predicted molar refractivity (Wildman–Crippen MR) is 124 cm³/mol. The monoisotopic (exact) mass is 483 g/mol. The Morgan fingerprint density at radius 1 is 1.09 bits per heavy atom. The van der Waals surface area contributed by atoms with E-state index >= 15 is 0 Å². The van der Waals surface area contributed by atoms with Crippen molar-refractivity contribution in [3.63, 3.8) is 0 Å². The van der Waals surface area contributed by atoms with Gasteiger partial charge in [0.25, 0.3) is 11.6 Å². The molecule has 0 fully saturated rings. The molecule has 10 nitrogen and oxygen atoms in total. The average molecular weight is 484 g/mol. The highest BCUT2D eigenvalue weighted by atomic mass is 35.5. The average Bonchev–Trinajstić information content (AvgIpc) is 2.83. The van der Waals surface area contributed by atoms with E-state index in [0.717, 1.165) is 0 Å². The number of carbonyl (C=O) groups is 2. The molecular weight excluding hydrogens is 466 g/mol. The summed E-state index contributed by atoms with van der Waals surface area (Å²) in [6.45, 7) is -0.251. The van der Waals surface area contributed by atoms with Gasteiger partial charge in [-0.25, -0.2) is 10.2 Å². The van der Waals surface area contributed by atoms with Crippen molar-refractivity contribution in [2.45, 2.75) is 0 Å². The van der Waals surface area contributed by atoms with E-state index in [1.54, 1.807) is 36.4 Å². The molecule has 0 aliphatic carbocycles. The minimum atomic E-state index is -0.707. The van der Waals surface area contributed by atoms with E-state index in [9.17, 15) is 19.7 Å². The summed E-state index contributed by atoms with van der Waals surface area (Å²) in [7, 11) is 1.40. The topological polar surface area (TPSA) is 129 Å². The third kappa shape index (κ3) is 6.78. The van der Waals surface area contributed by atoms with Crippen LogP contribution in [-0.2, 0) is 4.79 Å². The van der Waals surface area contributed by atoms with E-state index in [1.165, 1.54) is 43.7 Å². The Morgan fingerprint density at radius 3 is 2.53 bits per heavy atom. The number of carbonyl (C=O) groups excluding carboxylic acids is 2. The number of nitrogens with one attached hydrogen (secondary N) is 1. The van der Waals surface area contributed by atoms with Gasteiger partial charge in [-0.1, -0.05) is 17.7 Å². The van der Waals surface area contributed by atoms with Gasteiger partial charge in [-0.15, -0.1) is 0 Å². The number of nitrogens with zero attached hydrogens (tertiary/aromatic N) is 2. The van der Waals surface area contributed by atoms with Crippen LogP contribution in [0.4, 0.5) is 5.69 Å². The van der Waals surface area contributed by atoms with Crippen LogP contribution in [0, 0.1) is 10.1 Å². The van der Waals surface area contributed by atoms with E-state index < -0.39 is 16.8 Å². The zero-order valence-corrected chi connectivity index (χ0v) is 18.5. The number of methoxy groups -OCH3 is 1. The zero-order valence-electron chi connectivity index (χ0n) is 17.8. The van der Waals surface area contributed by atoms with E-state index in [2.05, 4.69) is 10.5 Å². The molecule has 0 radical (unpaired) electrons. The normalized spacial score (nSPS) is 10.5. The fourth-order valence-corrected chi connectivity index (χ4v) is 2.82. The zero-order chi connectivity index (χ0) is 24.5. The number of hydrogen-bond donors (Lipinski definition) is 1. The number of nitro groups is 1. The molecular formula is C23H18ClN3O7. The lowest BCUT2D eigenvalue weighted by Gasteiger charge is -2.10. The Bertz CT molecular complexity index is 1230. The Kier molecular flexibility index (Phi) is 8.14. The molecule has 11 heteroatoms. The maximum absolute atomic E-state index is 12.3. The van der Waals surface area contributed by atoms with Crippen molar-refractivity contribution in [3.8, 4) is 17.2 Å². The van der Waals surface area contributed by atoms with Gasteiger partial charge in [0, 0.05) is 17.2 Å². The Morgan fingerprint density at radius 2 is 1.85 bits per heavy atom. The van der Waals surface area contributed by atoms with Crippen LogP contribution in [0.3, 0.4) is 0 Å². The first-order chi connectivity index (χ1) is 16.4. The first kappa shape index (κ1) is 24.2. The quantitative estimate of drug-likeness (QED) is 0.160. The maximum atomic E-state index is 12.3. The summed E-state index contributed by atoms with van der Waals surface area (Å²) in [5.74, 6) is -0.342. The highest BCUT2D eigenvalue weighted by molar-refractivity contribution is 6.30. The van der Waals surface area contributed by atoms with Gasteiger partial charge in [-0.3, -0.25) is 14.9 Å². The van der Waals surface area contributed by atoms with Gasteiger partial charge < -0.3 is 14.2 Å². The number of halogens is 1. The molecule has 174 valence electrons. The van der Waals surface area contributed by atoms with Crippen LogP contribution in [0.1, 0.15) is 15.9 Å². The molecule has 0 aromatic heterocycles. The number of nitro benzene ring substituents is 1. The predicted octanol–water partition coefficient (Wildman–Crippen LogP) is 4.01. The molecule has 0 saturated heterocycles. The lowest BCUT2D eigenvalue weighted by Crippen LogP contribution is -2.24. The summed E-state index contributed by atoms with van der Waals surface area (Å²) in [4.78, 5) is 34.4. The van der Waals surface area contributed by atoms with Crippen LogP contribution < -0.4 is 19.6 Å². The Balaban J connectivity index is 1.57. The maximum Gasteiger partial charge on any atom is 0.343 e. The first-order valence-electron chi connectivity index (χ1n) is 9.70. The Hall–Kier alpha value is -4.44. The second-order valence-electron chi connectivity index (χ2n) is 6.64. The van der Waals surface area contributed by atoms with Gasteiger partial charge in [0.05, 0.1) is 23.8 Å². The van der Waals surface area contributed by atoms with Crippen LogP contribution >= 0.6 is 11.6 Å². The highest BCUT2D eigenvalue weighted by Crippen LogP contribution is 2.28. The summed E-state index contributed by atoms with van der Waals surface area (Å²) >= 11 is 5.86. The standard InChI is InChI=1S/C23H18ClN3O7/c1-32-21-11-15(13-25-26-22(28)14-33-19-4-2-3-17(24)12-19)5-10-20(21)34-23(29)16-6-8-18(9-7-16)27(30)31/h2-13H,14H2,1H3,(H,26,28)/b25-13-. The molecule has 0 aliphatic heterocycles. The number of hydrazone groups is 1. The molecule has 0 saturated carbocycles. The van der Waals surface area contributed by atoms with Crippen molar-refractivity contribution in [1.29, 1.82) is 0 Å². The first-order valence-corrected chi connectivity index (χ1v) is 10.1. The number of ether oxygens (including phenoxy) is 3. The van der Waals surface area contributed by atoms with Crippen LogP contribution in [0.25, 0.3) is 0 Å². The van der Waals surface area contributed by atoms with Crippen molar-refractivity contribution < 1.29 is 28.7 Å². The molecule has 3 aromatic rings. The molecule has 1 N–H and O–H groups in total. The number of benzene rings is 3. The van der Waals surface area contributed by atoms with Gasteiger partial charge in [-0.05, 0) is 54.1 Å². The summed E-state index contributed by atoms with van der Waals surface area (Å²) in [6, 6.07) is 16.3. The Labute approximate surface area is 198 Å². The number of non-ortho nitro benzene ring substituents is 1. The van der Waals surface area contributed by atoms with Crippen LogP contribution in [0.2, 0.25) is 5.02 Å². The van der Waals surface area contributed by atoms with Gasteiger partial charge in [0.15, 0.2) is 18.1 Å². The van der Waals surface area contributed by atoms with Crippen molar-refractivity contribution in [2.75, 3.05) is 13.7 Å². The molecule has 0 spiro atoms. The van der Waals surface area contributed by atoms with E-state index in [0.29, 0.717) is 16.3 Å². The van der Waals surface area contributed by atoms with Gasteiger partial charge >= 0.3 is 5.97 Å². The van der Waals surface area contributed by atoms with Crippen LogP contribution in [0.5, 0.6) is 17.2 Å². The fourth-order valence-electron chi connectivity index (χ4n) is 2.64. The smallest absolute Gasteiger partial charge is 0.343 e. The second kappa shape index (κ2) is 11.4. The molecule has 34 heavy (non-hydrogen) atoms. The van der Waals surface area contributed by atoms with Crippen molar-refractivity contribution in [3.05, 3.63) is 93.0 Å². The summed E-state index contributed by atoms with van der Waals surface area (Å²) in [5.41, 5.74) is 2.89. The fraction of sp³-hybridized carbons (Fsp3) is 0.0870. The molecule has 0 heterocycles. The molecule has 1 amide bonds. The van der Waals surface area contributed by atoms with Gasteiger partial charge in [-0.2, -0.15) is 5.10 Å². The van der Waals surface area contributed by atoms with E-state index in [1.807, 2.05) is 0 Å². The third-order valence-corrected chi connectivity index (χ3v) is 4.51. The van der Waals surface area contributed by atoms with Gasteiger partial charge in [0.1, 0.15) is 5.75 Å². The molecule has 0 atom stereocenters. The highest BCUT2D eigenvalue weighted by Gasteiger charge is 2.14. The number of esters is 1. The molecule has 0 bridgehead atoms. The minimum absolute atomic E-state index is 0.138. The minimum Gasteiger partial charge on any atom is -0.493 e. The third-order valence-electron chi connectivity index (χ3n) is 4.27. The van der Waals surface area contributed by atoms with Crippen LogP contribution in [0.15, 0.2) is 71.8 Å². The van der Waals surface area contributed by atoms with E-state index in [-0.39, 0.29) is 29.4 Å². The summed E-state index contributed by atoms with van der Waals surface area (Å²) < 4.78 is 15.9. The van der Waals surface area contributed by atoms with Crippen LogP contribution in [-0.4, -0.2) is 36.7 Å². The molecule has 0 aliphatic rings. The molecule has 0 unspecified atom stereocenters. The molecule has 3 aromatic carbocycles. The van der Waals surface area contributed by atoms with Crippen molar-refractivity contribution in [1.82, 2.24) is 5.43 Å². The number of hydrogen-bond acceptors (Lipinski definition) is 8. The SMILES string of the molecule is COc1cc(/C=N\NC(=O)COc2cccc(Cl)c2)ccc1OC(=O)c1ccc([N+](=O)[O-])cc1. The van der Waals surface area contributed by atoms with Gasteiger partial charge in [0.2, 0.25) is 0 Å². The number of amides is 1. The summed E-state index contributed by atoms with van der Waals surface area (Å²) in [5, 5.41) is 15.1. The van der Waals surface area contributed by atoms with E-state index in [4.69, 9.17) is 25.8 Å². The number of rotatable bonds is 9. The molecule has 3 rings (SSSR count). The lowest BCUT2D eigenvalue weighted by atomic mass is 10.2. The van der Waals surface area contributed by atoms with Crippen molar-refractivity contribution >= 4 is 35.4 Å². The van der Waals surface area contributed by atoms with Crippen molar-refractivity contribution in [2.24, 2.45) is 5.10 Å². The lowest BCUT2D eigenvalue weighted by molar-refractivity contribution is -0.384. The summed E-state index contributed by atoms with van der Waals surface area (Å²) in [6.07, 6.45) is 1.38. The second-order valence-corrected chi connectivity index (χ2v) is 7.08. The largest absolute Gasteiger partial charge is 0.493 e.